The van der Waals surface area contributed by atoms with Crippen LogP contribution in [0.1, 0.15) is 36.1 Å². The van der Waals surface area contributed by atoms with E-state index in [0.717, 1.165) is 19.4 Å². The van der Waals surface area contributed by atoms with Crippen molar-refractivity contribution < 1.29 is 27.2 Å². The van der Waals surface area contributed by atoms with Crippen LogP contribution in [0.25, 0.3) is 0 Å². The molecule has 2 rings (SSSR count). The molecular formula is C19H25ClFNO. The van der Waals surface area contributed by atoms with Gasteiger partial charge in [0.05, 0.1) is 6.54 Å². The van der Waals surface area contributed by atoms with E-state index in [-0.39, 0.29) is 24.3 Å². The van der Waals surface area contributed by atoms with Crippen molar-refractivity contribution in [1.82, 2.24) is 0 Å². The minimum atomic E-state index is -0.646. The van der Waals surface area contributed by atoms with Crippen LogP contribution >= 0.6 is 0 Å². The summed E-state index contributed by atoms with van der Waals surface area (Å²) in [6.45, 7) is 4.65. The third-order valence-electron chi connectivity index (χ3n) is 4.09. The molecule has 2 atom stereocenters. The molecule has 2 nitrogen and oxygen atoms in total. The molecule has 2 aromatic carbocycles. The molecule has 0 amide bonds. The highest BCUT2D eigenvalue weighted by Gasteiger charge is 2.19. The van der Waals surface area contributed by atoms with Crippen molar-refractivity contribution >= 4 is 0 Å². The first-order valence-electron chi connectivity index (χ1n) is 7.89. The van der Waals surface area contributed by atoms with Gasteiger partial charge >= 0.3 is 0 Å². The molecule has 23 heavy (non-hydrogen) atoms. The Kier molecular flexibility index (Phi) is 8.24. The molecule has 3 N–H and O–H groups in total. The Labute approximate surface area is 144 Å². The van der Waals surface area contributed by atoms with Crippen LogP contribution < -0.4 is 17.7 Å². The van der Waals surface area contributed by atoms with Gasteiger partial charge in [-0.1, -0.05) is 42.5 Å². The summed E-state index contributed by atoms with van der Waals surface area (Å²) in [5.41, 5.74) is 2.59. The number of halogens is 2. The average Bonchev–Trinajstić information content (AvgIpc) is 2.54. The molecule has 0 saturated carbocycles. The van der Waals surface area contributed by atoms with Crippen LogP contribution in [0.2, 0.25) is 0 Å². The number of aliphatic hydroxyl groups is 1. The molecule has 4 heteroatoms. The van der Waals surface area contributed by atoms with Gasteiger partial charge in [0.25, 0.3) is 0 Å². The minimum absolute atomic E-state index is 0. The van der Waals surface area contributed by atoms with Crippen molar-refractivity contribution in [2.75, 3.05) is 6.54 Å². The number of aryl methyl sites for hydroxylation is 2. The van der Waals surface area contributed by atoms with Crippen LogP contribution in [-0.2, 0) is 6.42 Å². The molecule has 0 fully saturated rings. The number of quaternary nitrogens is 1. The van der Waals surface area contributed by atoms with Gasteiger partial charge in [-0.25, -0.2) is 4.39 Å². The topological polar surface area (TPSA) is 36.8 Å². The highest BCUT2D eigenvalue weighted by Crippen LogP contribution is 2.18. The van der Waals surface area contributed by atoms with E-state index in [2.05, 4.69) is 29.6 Å². The second kappa shape index (κ2) is 9.66. The minimum Gasteiger partial charge on any atom is -1.00 e. The van der Waals surface area contributed by atoms with E-state index in [1.807, 2.05) is 13.0 Å². The highest BCUT2D eigenvalue weighted by molar-refractivity contribution is 5.25. The van der Waals surface area contributed by atoms with Crippen LogP contribution in [0.15, 0.2) is 48.5 Å². The third kappa shape index (κ3) is 5.94. The van der Waals surface area contributed by atoms with Gasteiger partial charge in [0.2, 0.25) is 0 Å². The van der Waals surface area contributed by atoms with Crippen molar-refractivity contribution in [3.8, 4) is 0 Å². The summed E-state index contributed by atoms with van der Waals surface area (Å²) in [6, 6.07) is 15.4. The number of aliphatic hydroxyl groups excluding tert-OH is 1. The maximum absolute atomic E-state index is 13.6. The molecule has 0 aliphatic heterocycles. The van der Waals surface area contributed by atoms with E-state index < -0.39 is 6.10 Å². The lowest BCUT2D eigenvalue weighted by molar-refractivity contribution is -0.694. The summed E-state index contributed by atoms with van der Waals surface area (Å²) in [6.07, 6.45) is 1.45. The Morgan fingerprint density at radius 2 is 1.83 bits per heavy atom. The fourth-order valence-corrected chi connectivity index (χ4v) is 2.56. The van der Waals surface area contributed by atoms with Gasteiger partial charge in [-0.3, -0.25) is 0 Å². The van der Waals surface area contributed by atoms with E-state index >= 15 is 0 Å². The summed E-state index contributed by atoms with van der Waals surface area (Å²) < 4.78 is 13.6. The lowest BCUT2D eigenvalue weighted by Crippen LogP contribution is -3.00. The van der Waals surface area contributed by atoms with Crippen LogP contribution in [-0.4, -0.2) is 17.7 Å². The number of hydrogen-bond donors (Lipinski definition) is 2. The van der Waals surface area contributed by atoms with Gasteiger partial charge in [0.15, 0.2) is 0 Å². The second-order valence-corrected chi connectivity index (χ2v) is 5.93. The van der Waals surface area contributed by atoms with Crippen LogP contribution in [0.5, 0.6) is 0 Å². The number of benzene rings is 2. The van der Waals surface area contributed by atoms with Crippen LogP contribution in [0.4, 0.5) is 4.39 Å². The van der Waals surface area contributed by atoms with Crippen molar-refractivity contribution in [3.63, 3.8) is 0 Å². The van der Waals surface area contributed by atoms with E-state index in [4.69, 9.17) is 0 Å². The van der Waals surface area contributed by atoms with Crippen LogP contribution in [0, 0.1) is 12.7 Å². The van der Waals surface area contributed by atoms with Gasteiger partial charge in [0.1, 0.15) is 18.0 Å². The zero-order valence-corrected chi connectivity index (χ0v) is 14.4. The van der Waals surface area contributed by atoms with Crippen molar-refractivity contribution in [2.45, 2.75) is 38.8 Å². The Morgan fingerprint density at radius 3 is 2.48 bits per heavy atom. The van der Waals surface area contributed by atoms with Crippen molar-refractivity contribution in [1.29, 1.82) is 0 Å². The first-order valence-corrected chi connectivity index (χ1v) is 7.89. The van der Waals surface area contributed by atoms with Crippen LogP contribution in [0.3, 0.4) is 0 Å². The summed E-state index contributed by atoms with van der Waals surface area (Å²) in [5, 5.41) is 12.5. The molecule has 126 valence electrons. The van der Waals surface area contributed by atoms with Gasteiger partial charge in [0, 0.05) is 6.42 Å². The van der Waals surface area contributed by atoms with Gasteiger partial charge in [-0.2, -0.15) is 0 Å². The lowest BCUT2D eigenvalue weighted by Gasteiger charge is -2.18. The number of rotatable bonds is 7. The number of nitrogens with two attached hydrogens (primary N) is 1. The standard InChI is InChI=1S/C19H24FNO.ClH/c1-14-10-11-17(13-18(14)20)19(22)15(2)21-12-6-9-16-7-4-3-5-8-16;/h3-5,7-8,10-11,13,15,19,21-22H,6,9,12H2,1-2H3;1H. The smallest absolute Gasteiger partial charge is 0.130 e. The molecule has 0 radical (unpaired) electrons. The molecule has 2 unspecified atom stereocenters. The maximum Gasteiger partial charge on any atom is 0.130 e. The van der Waals surface area contributed by atoms with Gasteiger partial charge in [-0.15, -0.1) is 0 Å². The van der Waals surface area contributed by atoms with E-state index in [9.17, 15) is 9.50 Å². The molecule has 0 spiro atoms. The monoisotopic (exact) mass is 337 g/mol. The first kappa shape index (κ1) is 19.6. The molecule has 0 heterocycles. The van der Waals surface area contributed by atoms with Crippen molar-refractivity contribution in [3.05, 3.63) is 71.0 Å². The SMILES string of the molecule is Cc1ccc(C(O)C(C)[NH2+]CCCc2ccccc2)cc1F.[Cl-]. The Hall–Kier alpha value is -1.42. The molecule has 0 aliphatic carbocycles. The van der Waals surface area contributed by atoms with Gasteiger partial charge in [-0.05, 0) is 43.0 Å². The third-order valence-corrected chi connectivity index (χ3v) is 4.09. The Morgan fingerprint density at radius 1 is 1.13 bits per heavy atom. The highest BCUT2D eigenvalue weighted by atomic mass is 35.5. The summed E-state index contributed by atoms with van der Waals surface area (Å²) in [4.78, 5) is 0. The fourth-order valence-electron chi connectivity index (χ4n) is 2.56. The molecule has 0 aliphatic rings. The molecule has 0 bridgehead atoms. The Bertz CT molecular complexity index is 591. The molecular weight excluding hydrogens is 313 g/mol. The quantitative estimate of drug-likeness (QED) is 0.672. The Balaban J connectivity index is 0.00000264. The maximum atomic E-state index is 13.6. The van der Waals surface area contributed by atoms with E-state index in [1.54, 1.807) is 19.1 Å². The zero-order valence-electron chi connectivity index (χ0n) is 13.7. The normalized spacial score (nSPS) is 13.2. The average molecular weight is 338 g/mol. The first-order chi connectivity index (χ1) is 10.6. The largest absolute Gasteiger partial charge is 1.00 e. The lowest BCUT2D eigenvalue weighted by atomic mass is 10.0. The zero-order chi connectivity index (χ0) is 15.9. The molecule has 0 saturated heterocycles. The van der Waals surface area contributed by atoms with Crippen molar-refractivity contribution in [2.24, 2.45) is 0 Å². The predicted octanol–water partition coefficient (Wildman–Crippen LogP) is -0.244. The summed E-state index contributed by atoms with van der Waals surface area (Å²) in [5.74, 6) is -0.257. The van der Waals surface area contributed by atoms with E-state index in [0.29, 0.717) is 11.1 Å². The van der Waals surface area contributed by atoms with E-state index in [1.165, 1.54) is 11.6 Å². The molecule has 0 aromatic heterocycles. The number of hydrogen-bond acceptors (Lipinski definition) is 1. The summed E-state index contributed by atoms with van der Waals surface area (Å²) >= 11 is 0. The second-order valence-electron chi connectivity index (χ2n) is 5.93. The molecule has 2 aromatic rings. The summed E-state index contributed by atoms with van der Waals surface area (Å²) in [7, 11) is 0. The fraction of sp³-hybridized carbons (Fsp3) is 0.368. The van der Waals surface area contributed by atoms with Gasteiger partial charge < -0.3 is 22.8 Å². The predicted molar refractivity (Wildman–Crippen MR) is 87.1 cm³/mol.